The molecule has 0 amide bonds. The van der Waals surface area contributed by atoms with Crippen LogP contribution >= 0.6 is 11.6 Å². The number of aliphatic hydroxyl groups is 1. The molecule has 4 aromatic rings. The van der Waals surface area contributed by atoms with Crippen LogP contribution in [0.2, 0.25) is 5.02 Å². The largest absolute Gasteiger partial charge is 0.465 e. The van der Waals surface area contributed by atoms with E-state index in [0.29, 0.717) is 53.7 Å². The third-order valence-corrected chi connectivity index (χ3v) is 11.1. The smallest absolute Gasteiger partial charge is 0.319 e. The molecule has 11 rings (SSSR count). The summed E-state index contributed by atoms with van der Waals surface area (Å²) in [5.74, 6) is 0.206. The van der Waals surface area contributed by atoms with Crippen molar-refractivity contribution in [3.05, 3.63) is 29.3 Å². The molecule has 1 saturated carbocycles. The van der Waals surface area contributed by atoms with Gasteiger partial charge >= 0.3 is 6.01 Å². The molecule has 0 radical (unpaired) electrons. The molecule has 7 aliphatic rings. The number of aromatic amines is 1. The van der Waals surface area contributed by atoms with Gasteiger partial charge in [-0.15, -0.1) is 0 Å². The predicted molar refractivity (Wildman–Crippen MR) is 165 cm³/mol. The average molecular weight is 636 g/mol. The van der Waals surface area contributed by atoms with Gasteiger partial charge in [0, 0.05) is 24.7 Å². The van der Waals surface area contributed by atoms with E-state index >= 15 is 4.39 Å². The van der Waals surface area contributed by atoms with Crippen LogP contribution < -0.4 is 14.4 Å². The Bertz CT molecular complexity index is 1820. The van der Waals surface area contributed by atoms with Gasteiger partial charge < -0.3 is 24.2 Å². The molecule has 9 heterocycles. The molecule has 7 bridgehead atoms. The summed E-state index contributed by atoms with van der Waals surface area (Å²) in [5.41, 5.74) is 0.0643. The maximum Gasteiger partial charge on any atom is 0.319 e. The summed E-state index contributed by atoms with van der Waals surface area (Å²) in [5, 5.41) is 19.8. The Hall–Kier alpha value is -3.32. The summed E-state index contributed by atoms with van der Waals surface area (Å²) in [6.07, 6.45) is 10.8. The van der Waals surface area contributed by atoms with Gasteiger partial charge in [0.05, 0.1) is 45.4 Å². The van der Waals surface area contributed by atoms with Crippen molar-refractivity contribution in [2.45, 2.75) is 62.5 Å². The Balaban J connectivity index is 1.22. The molecule has 236 valence electrons. The summed E-state index contributed by atoms with van der Waals surface area (Å²) in [6.45, 7) is 4.03. The SMILES string of the molecule is OC12COCOc3c(Cl)cc4[nH]ncc4c3-c3ncc4c(nc(OCC56CCCN5CCC6)nc4c3F)N3CCCC(C3)(C1)C2. The standard InChI is InChI=1S/C32H35ClFN7O4/c33-21-10-22-19(12-36-39-22)23-26-24(34)25-20(11-35-26)28(38-29(37-25)44-16-31-5-2-8-41(31)9-3-6-31)40-7-1-4-30(15-40)13-32(42,14-30)17-43-18-45-27(21)23/h10-12,42H,1-9,13-18H2,(H,36,39). The number of aromatic nitrogens is 5. The number of benzene rings is 1. The molecule has 3 aromatic heterocycles. The Morgan fingerprint density at radius 3 is 2.73 bits per heavy atom. The number of halogens is 2. The van der Waals surface area contributed by atoms with Crippen LogP contribution in [0.4, 0.5) is 10.2 Å². The molecule has 11 nitrogen and oxygen atoms in total. The average Bonchev–Trinajstić information content (AvgIpc) is 3.74. The van der Waals surface area contributed by atoms with Crippen LogP contribution in [-0.4, -0.2) is 92.5 Å². The fraction of sp³-hybridized carbons (Fsp3) is 0.562. The molecule has 2 N–H and O–H groups in total. The predicted octanol–water partition coefficient (Wildman–Crippen LogP) is 4.85. The van der Waals surface area contributed by atoms with Gasteiger partial charge in [-0.2, -0.15) is 15.1 Å². The summed E-state index contributed by atoms with van der Waals surface area (Å²) in [7, 11) is 0. The minimum Gasteiger partial charge on any atom is -0.465 e. The van der Waals surface area contributed by atoms with Crippen molar-refractivity contribution in [1.82, 2.24) is 30.0 Å². The number of nitrogens with one attached hydrogen (secondary N) is 1. The van der Waals surface area contributed by atoms with E-state index < -0.39 is 11.4 Å². The lowest BCUT2D eigenvalue weighted by atomic mass is 9.56. The number of rotatable bonds is 3. The van der Waals surface area contributed by atoms with Gasteiger partial charge in [-0.3, -0.25) is 15.0 Å². The number of piperidine rings is 1. The molecular formula is C32H35ClFN7O4. The molecule has 1 aliphatic carbocycles. The van der Waals surface area contributed by atoms with Crippen LogP contribution in [0.1, 0.15) is 51.4 Å². The molecule has 1 aromatic carbocycles. The van der Waals surface area contributed by atoms with Crippen LogP contribution in [0.3, 0.4) is 0 Å². The van der Waals surface area contributed by atoms with Gasteiger partial charge in [0.2, 0.25) is 0 Å². The first kappa shape index (κ1) is 27.9. The van der Waals surface area contributed by atoms with Crippen molar-refractivity contribution in [2.24, 2.45) is 5.41 Å². The van der Waals surface area contributed by atoms with Crippen molar-refractivity contribution in [1.29, 1.82) is 0 Å². The number of pyridine rings is 1. The quantitative estimate of drug-likeness (QED) is 0.323. The summed E-state index contributed by atoms with van der Waals surface area (Å²) in [6, 6.07) is 1.84. The van der Waals surface area contributed by atoms with Gasteiger partial charge in [-0.05, 0) is 75.9 Å². The van der Waals surface area contributed by atoms with Crippen LogP contribution in [0.5, 0.6) is 11.8 Å². The normalized spacial score (nSPS) is 27.5. The van der Waals surface area contributed by atoms with Crippen LogP contribution in [0.25, 0.3) is 33.1 Å². The van der Waals surface area contributed by atoms with E-state index in [9.17, 15) is 5.11 Å². The summed E-state index contributed by atoms with van der Waals surface area (Å²) >= 11 is 6.70. The molecule has 4 fully saturated rings. The highest BCUT2D eigenvalue weighted by atomic mass is 35.5. The lowest BCUT2D eigenvalue weighted by molar-refractivity contribution is -0.178. The lowest BCUT2D eigenvalue weighted by Gasteiger charge is -2.57. The first-order valence-corrected chi connectivity index (χ1v) is 16.3. The molecule has 1 spiro atoms. The second-order valence-electron chi connectivity index (χ2n) is 13.8. The van der Waals surface area contributed by atoms with Crippen molar-refractivity contribution < 1.29 is 23.7 Å². The number of fused-ring (bicyclic) bond motifs is 2. The zero-order chi connectivity index (χ0) is 30.4. The second-order valence-corrected chi connectivity index (χ2v) is 14.2. The molecular weight excluding hydrogens is 601 g/mol. The van der Waals surface area contributed by atoms with Crippen LogP contribution in [0, 0.1) is 11.2 Å². The fourth-order valence-electron chi connectivity index (χ4n) is 9.03. The third-order valence-electron chi connectivity index (χ3n) is 10.8. The van der Waals surface area contributed by atoms with E-state index in [-0.39, 0.29) is 52.3 Å². The number of H-pyrrole nitrogens is 1. The van der Waals surface area contributed by atoms with E-state index in [0.717, 1.165) is 58.2 Å². The van der Waals surface area contributed by atoms with Crippen molar-refractivity contribution in [2.75, 3.05) is 51.1 Å². The second kappa shape index (κ2) is 10.1. The monoisotopic (exact) mass is 635 g/mol. The highest BCUT2D eigenvalue weighted by molar-refractivity contribution is 6.33. The molecule has 0 unspecified atom stereocenters. The summed E-state index contributed by atoms with van der Waals surface area (Å²) < 4.78 is 35.3. The number of anilines is 1. The van der Waals surface area contributed by atoms with Gasteiger partial charge in [0.1, 0.15) is 23.6 Å². The molecule has 0 atom stereocenters. The zero-order valence-electron chi connectivity index (χ0n) is 24.9. The minimum absolute atomic E-state index is 0.0122. The van der Waals surface area contributed by atoms with Crippen LogP contribution in [0.15, 0.2) is 18.5 Å². The van der Waals surface area contributed by atoms with Gasteiger partial charge in [-0.1, -0.05) is 11.6 Å². The Morgan fingerprint density at radius 2 is 1.89 bits per heavy atom. The van der Waals surface area contributed by atoms with E-state index in [1.165, 1.54) is 0 Å². The summed E-state index contributed by atoms with van der Waals surface area (Å²) in [4.78, 5) is 19.0. The van der Waals surface area contributed by atoms with E-state index in [2.05, 4.69) is 25.0 Å². The van der Waals surface area contributed by atoms with Gasteiger partial charge in [0.25, 0.3) is 0 Å². The molecule has 6 aliphatic heterocycles. The maximum atomic E-state index is 17.0. The van der Waals surface area contributed by atoms with Crippen molar-refractivity contribution >= 4 is 39.2 Å². The van der Waals surface area contributed by atoms with E-state index in [4.69, 9.17) is 35.8 Å². The number of nitrogens with zero attached hydrogens (tertiary/aromatic N) is 6. The van der Waals surface area contributed by atoms with Crippen LogP contribution in [-0.2, 0) is 4.74 Å². The highest BCUT2D eigenvalue weighted by Gasteiger charge is 2.55. The Morgan fingerprint density at radius 1 is 1.07 bits per heavy atom. The van der Waals surface area contributed by atoms with Crippen molar-refractivity contribution in [3.8, 4) is 23.0 Å². The Labute approximate surface area is 264 Å². The molecule has 45 heavy (non-hydrogen) atoms. The van der Waals surface area contributed by atoms with Crippen molar-refractivity contribution in [3.63, 3.8) is 0 Å². The lowest BCUT2D eigenvalue weighted by Crippen LogP contribution is -2.60. The van der Waals surface area contributed by atoms with E-state index in [1.54, 1.807) is 18.5 Å². The maximum absolute atomic E-state index is 17.0. The zero-order valence-corrected chi connectivity index (χ0v) is 25.7. The fourth-order valence-corrected chi connectivity index (χ4v) is 9.29. The topological polar surface area (TPSA) is 122 Å². The number of ether oxygens (including phenoxy) is 3. The highest BCUT2D eigenvalue weighted by Crippen LogP contribution is 2.54. The molecule has 13 heteroatoms. The first-order valence-electron chi connectivity index (χ1n) is 15.9. The molecule has 3 saturated heterocycles. The first-order chi connectivity index (χ1) is 21.8. The van der Waals surface area contributed by atoms with Gasteiger partial charge in [0.15, 0.2) is 18.4 Å². The minimum atomic E-state index is -0.943. The third kappa shape index (κ3) is 4.39. The number of hydrogen-bond acceptors (Lipinski definition) is 10. The Kier molecular flexibility index (Phi) is 6.27. The van der Waals surface area contributed by atoms with Gasteiger partial charge in [-0.25, -0.2) is 4.39 Å². The van der Waals surface area contributed by atoms with E-state index in [1.807, 2.05) is 0 Å². The number of hydrogen-bond donors (Lipinski definition) is 2.